The molecule has 0 bridgehead atoms. The highest BCUT2D eigenvalue weighted by Crippen LogP contribution is 2.12. The first-order valence-electron chi connectivity index (χ1n) is 4.53. The van der Waals surface area contributed by atoms with Gasteiger partial charge < -0.3 is 5.32 Å². The first kappa shape index (κ1) is 10.6. The molecule has 0 aromatic carbocycles. The molecular formula is C10H15N3O. The number of rotatable bonds is 2. The first-order chi connectivity index (χ1) is 6.50. The van der Waals surface area contributed by atoms with Gasteiger partial charge in [0.15, 0.2) is 0 Å². The molecule has 0 saturated carbocycles. The SMILES string of the molecule is CC(C)(C)C(=O)NCc1ccncn1. The summed E-state index contributed by atoms with van der Waals surface area (Å²) in [6.07, 6.45) is 3.13. The standard InChI is InChI=1S/C10H15N3O/c1-10(2,3)9(14)12-6-8-4-5-11-7-13-8/h4-5,7H,6H2,1-3H3,(H,12,14). The van der Waals surface area contributed by atoms with Gasteiger partial charge >= 0.3 is 0 Å². The zero-order chi connectivity index (χ0) is 10.6. The van der Waals surface area contributed by atoms with Crippen LogP contribution in [-0.2, 0) is 11.3 Å². The molecule has 1 heterocycles. The third-order valence-electron chi connectivity index (χ3n) is 1.75. The zero-order valence-electron chi connectivity index (χ0n) is 8.74. The Morgan fingerprint density at radius 2 is 2.21 bits per heavy atom. The van der Waals surface area contributed by atoms with Crippen LogP contribution in [0.15, 0.2) is 18.6 Å². The second-order valence-corrected chi connectivity index (χ2v) is 4.13. The van der Waals surface area contributed by atoms with Crippen LogP contribution in [0.1, 0.15) is 26.5 Å². The van der Waals surface area contributed by atoms with E-state index in [-0.39, 0.29) is 11.3 Å². The van der Waals surface area contributed by atoms with Crippen LogP contribution >= 0.6 is 0 Å². The van der Waals surface area contributed by atoms with Crippen LogP contribution in [0.5, 0.6) is 0 Å². The molecule has 76 valence electrons. The Hall–Kier alpha value is -1.45. The Balaban J connectivity index is 2.46. The van der Waals surface area contributed by atoms with E-state index in [1.54, 1.807) is 12.3 Å². The fourth-order valence-corrected chi connectivity index (χ4v) is 0.859. The minimum atomic E-state index is -0.354. The van der Waals surface area contributed by atoms with Gasteiger partial charge in [0.1, 0.15) is 6.33 Å². The van der Waals surface area contributed by atoms with E-state index in [0.717, 1.165) is 5.69 Å². The molecule has 0 fully saturated rings. The van der Waals surface area contributed by atoms with Crippen molar-refractivity contribution in [3.8, 4) is 0 Å². The normalized spacial score (nSPS) is 11.1. The average Bonchev–Trinajstić information content (AvgIpc) is 2.14. The van der Waals surface area contributed by atoms with Gasteiger partial charge in [-0.2, -0.15) is 0 Å². The van der Waals surface area contributed by atoms with Gasteiger partial charge in [0, 0.05) is 11.6 Å². The van der Waals surface area contributed by atoms with E-state index in [0.29, 0.717) is 6.54 Å². The lowest BCUT2D eigenvalue weighted by molar-refractivity contribution is -0.128. The van der Waals surface area contributed by atoms with Crippen molar-refractivity contribution in [3.05, 3.63) is 24.3 Å². The Bertz CT molecular complexity index is 303. The van der Waals surface area contributed by atoms with E-state index in [4.69, 9.17) is 0 Å². The van der Waals surface area contributed by atoms with E-state index in [9.17, 15) is 4.79 Å². The van der Waals surface area contributed by atoms with Gasteiger partial charge in [0.05, 0.1) is 12.2 Å². The molecule has 1 aromatic rings. The fourth-order valence-electron chi connectivity index (χ4n) is 0.859. The molecule has 0 saturated heterocycles. The number of carbonyl (C=O) groups is 1. The number of nitrogens with one attached hydrogen (secondary N) is 1. The second kappa shape index (κ2) is 4.17. The number of hydrogen-bond acceptors (Lipinski definition) is 3. The molecule has 0 aliphatic heterocycles. The van der Waals surface area contributed by atoms with Gasteiger partial charge in [-0.15, -0.1) is 0 Å². The maximum atomic E-state index is 11.5. The highest BCUT2D eigenvalue weighted by atomic mass is 16.2. The van der Waals surface area contributed by atoms with Crippen molar-refractivity contribution < 1.29 is 4.79 Å². The quantitative estimate of drug-likeness (QED) is 0.766. The number of nitrogens with zero attached hydrogens (tertiary/aromatic N) is 2. The molecule has 1 aromatic heterocycles. The lowest BCUT2D eigenvalue weighted by atomic mass is 9.96. The molecule has 1 N–H and O–H groups in total. The van der Waals surface area contributed by atoms with E-state index in [1.165, 1.54) is 6.33 Å². The maximum Gasteiger partial charge on any atom is 0.225 e. The predicted molar refractivity (Wildman–Crippen MR) is 53.3 cm³/mol. The average molecular weight is 193 g/mol. The Morgan fingerprint density at radius 1 is 1.50 bits per heavy atom. The van der Waals surface area contributed by atoms with Crippen molar-refractivity contribution in [1.82, 2.24) is 15.3 Å². The van der Waals surface area contributed by atoms with Crippen molar-refractivity contribution >= 4 is 5.91 Å². The lowest BCUT2D eigenvalue weighted by Gasteiger charge is -2.17. The molecule has 4 heteroatoms. The number of hydrogen-bond donors (Lipinski definition) is 1. The van der Waals surface area contributed by atoms with Crippen LogP contribution in [0.25, 0.3) is 0 Å². The molecule has 0 atom stereocenters. The summed E-state index contributed by atoms with van der Waals surface area (Å²) in [5.41, 5.74) is 0.463. The molecule has 0 spiro atoms. The number of carbonyl (C=O) groups excluding carboxylic acids is 1. The van der Waals surface area contributed by atoms with E-state index < -0.39 is 0 Å². The van der Waals surface area contributed by atoms with Gasteiger partial charge in [-0.3, -0.25) is 4.79 Å². The number of amides is 1. The molecule has 0 radical (unpaired) electrons. The highest BCUT2D eigenvalue weighted by molar-refractivity contribution is 5.81. The summed E-state index contributed by atoms with van der Waals surface area (Å²) in [5.74, 6) is 0.0242. The fraction of sp³-hybridized carbons (Fsp3) is 0.500. The smallest absolute Gasteiger partial charge is 0.225 e. The van der Waals surface area contributed by atoms with Crippen molar-refractivity contribution in [3.63, 3.8) is 0 Å². The molecule has 1 rings (SSSR count). The van der Waals surface area contributed by atoms with Crippen molar-refractivity contribution in [2.45, 2.75) is 27.3 Å². The van der Waals surface area contributed by atoms with Gasteiger partial charge in [-0.25, -0.2) is 9.97 Å². The Kier molecular flexibility index (Phi) is 3.17. The van der Waals surface area contributed by atoms with Crippen LogP contribution in [0.4, 0.5) is 0 Å². The summed E-state index contributed by atoms with van der Waals surface area (Å²) >= 11 is 0. The van der Waals surface area contributed by atoms with E-state index in [1.807, 2.05) is 20.8 Å². The summed E-state index contributed by atoms with van der Waals surface area (Å²) in [6.45, 7) is 6.09. The summed E-state index contributed by atoms with van der Waals surface area (Å²) < 4.78 is 0. The minimum Gasteiger partial charge on any atom is -0.350 e. The molecule has 0 aliphatic carbocycles. The summed E-state index contributed by atoms with van der Waals surface area (Å²) in [7, 11) is 0. The van der Waals surface area contributed by atoms with Gasteiger partial charge in [-0.1, -0.05) is 20.8 Å². The van der Waals surface area contributed by atoms with Crippen LogP contribution in [0, 0.1) is 5.41 Å². The van der Waals surface area contributed by atoms with E-state index in [2.05, 4.69) is 15.3 Å². The zero-order valence-corrected chi connectivity index (χ0v) is 8.74. The molecule has 4 nitrogen and oxygen atoms in total. The van der Waals surface area contributed by atoms with Crippen LogP contribution in [0.3, 0.4) is 0 Å². The predicted octanol–water partition coefficient (Wildman–Crippen LogP) is 1.14. The topological polar surface area (TPSA) is 54.9 Å². The van der Waals surface area contributed by atoms with Crippen molar-refractivity contribution in [2.24, 2.45) is 5.41 Å². The molecule has 1 amide bonds. The first-order valence-corrected chi connectivity index (χ1v) is 4.53. The monoisotopic (exact) mass is 193 g/mol. The lowest BCUT2D eigenvalue weighted by Crippen LogP contribution is -2.34. The van der Waals surface area contributed by atoms with Crippen molar-refractivity contribution in [2.75, 3.05) is 0 Å². The van der Waals surface area contributed by atoms with Crippen LogP contribution in [-0.4, -0.2) is 15.9 Å². The summed E-state index contributed by atoms with van der Waals surface area (Å²) in [4.78, 5) is 19.3. The Morgan fingerprint density at radius 3 is 2.71 bits per heavy atom. The molecule has 0 unspecified atom stereocenters. The van der Waals surface area contributed by atoms with Gasteiger partial charge in [-0.05, 0) is 6.07 Å². The molecular weight excluding hydrogens is 178 g/mol. The Labute approximate surface area is 83.8 Å². The van der Waals surface area contributed by atoms with Crippen molar-refractivity contribution in [1.29, 1.82) is 0 Å². The molecule has 0 aliphatic rings. The summed E-state index contributed by atoms with van der Waals surface area (Å²) in [6, 6.07) is 1.78. The number of aromatic nitrogens is 2. The molecule has 14 heavy (non-hydrogen) atoms. The van der Waals surface area contributed by atoms with Gasteiger partial charge in [0.2, 0.25) is 5.91 Å². The van der Waals surface area contributed by atoms with Gasteiger partial charge in [0.25, 0.3) is 0 Å². The largest absolute Gasteiger partial charge is 0.350 e. The third kappa shape index (κ3) is 3.12. The highest BCUT2D eigenvalue weighted by Gasteiger charge is 2.20. The minimum absolute atomic E-state index is 0.0242. The third-order valence-corrected chi connectivity index (χ3v) is 1.75. The maximum absolute atomic E-state index is 11.5. The van der Waals surface area contributed by atoms with Crippen LogP contribution in [0.2, 0.25) is 0 Å². The second-order valence-electron chi connectivity index (χ2n) is 4.13. The van der Waals surface area contributed by atoms with E-state index >= 15 is 0 Å². The van der Waals surface area contributed by atoms with Crippen LogP contribution < -0.4 is 5.32 Å². The summed E-state index contributed by atoms with van der Waals surface area (Å²) in [5, 5.41) is 2.81.